The van der Waals surface area contributed by atoms with Gasteiger partial charge in [-0.25, -0.2) is 14.8 Å². The second-order valence-electron chi connectivity index (χ2n) is 6.91. The van der Waals surface area contributed by atoms with E-state index in [0.29, 0.717) is 19.5 Å². The largest absolute Gasteiger partial charge is 0.405 e. The zero-order valence-electron chi connectivity index (χ0n) is 14.7. The Morgan fingerprint density at radius 3 is 2.93 bits per heavy atom. The highest BCUT2D eigenvalue weighted by atomic mass is 19.4. The molecule has 4 heterocycles. The van der Waals surface area contributed by atoms with Crippen LogP contribution in [-0.2, 0) is 6.42 Å². The van der Waals surface area contributed by atoms with E-state index in [0.717, 1.165) is 29.1 Å². The molecule has 0 aliphatic carbocycles. The average molecular weight is 380 g/mol. The number of hydrogen-bond acceptors (Lipinski definition) is 4. The van der Waals surface area contributed by atoms with E-state index in [9.17, 15) is 18.0 Å². The molecule has 2 aromatic rings. The first kappa shape index (κ1) is 17.7. The molecule has 2 aromatic heterocycles. The summed E-state index contributed by atoms with van der Waals surface area (Å²) in [6.07, 6.45) is 2.43. The molecule has 1 fully saturated rings. The van der Waals surface area contributed by atoms with Crippen molar-refractivity contribution in [3.05, 3.63) is 23.9 Å². The molecule has 0 saturated carbocycles. The number of likely N-dealkylation sites (tertiary alicyclic amines) is 1. The minimum atomic E-state index is -4.42. The Bertz CT molecular complexity index is 906. The Balaban J connectivity index is 1.55. The van der Waals surface area contributed by atoms with Crippen molar-refractivity contribution >= 4 is 23.6 Å². The van der Waals surface area contributed by atoms with E-state index in [2.05, 4.69) is 9.98 Å². The monoisotopic (exact) mass is 380 g/mol. The van der Waals surface area contributed by atoms with Gasteiger partial charge in [-0.05, 0) is 5.92 Å². The van der Waals surface area contributed by atoms with E-state index in [1.807, 2.05) is 22.8 Å². The molecular weight excluding hydrogens is 361 g/mol. The highest BCUT2D eigenvalue weighted by Gasteiger charge is 2.38. The lowest BCUT2D eigenvalue weighted by molar-refractivity contribution is -0.123. The summed E-state index contributed by atoms with van der Waals surface area (Å²) in [6.45, 7) is 1.43. The van der Waals surface area contributed by atoms with E-state index in [1.165, 1.54) is 4.90 Å². The van der Waals surface area contributed by atoms with Crippen molar-refractivity contribution in [2.75, 3.05) is 19.6 Å². The minimum absolute atomic E-state index is 0.0347. The first-order valence-electron chi connectivity index (χ1n) is 8.84. The smallest absolute Gasteiger partial charge is 0.329 e. The summed E-state index contributed by atoms with van der Waals surface area (Å²) in [5, 5.41) is 1.95. The van der Waals surface area contributed by atoms with E-state index < -0.39 is 18.8 Å². The maximum atomic E-state index is 12.4. The zero-order chi connectivity index (χ0) is 19.2. The van der Waals surface area contributed by atoms with Crippen molar-refractivity contribution in [2.24, 2.45) is 10.9 Å². The van der Waals surface area contributed by atoms with E-state index >= 15 is 0 Å². The number of amides is 2. The van der Waals surface area contributed by atoms with Gasteiger partial charge in [-0.15, -0.1) is 0 Å². The molecule has 10 heteroatoms. The highest BCUT2D eigenvalue weighted by molar-refractivity contribution is 5.82. The van der Waals surface area contributed by atoms with E-state index in [-0.39, 0.29) is 11.8 Å². The predicted octanol–water partition coefficient (Wildman–Crippen LogP) is 2.69. The predicted molar refractivity (Wildman–Crippen MR) is 92.4 cm³/mol. The SMILES string of the molecule is CC[C@@H]1CN(C(=O)NCC(F)(F)F)C[C@@H]1c1cn2cnc3c(c2n1)N=CC3. The molecular formula is C17H19F3N6O. The summed E-state index contributed by atoms with van der Waals surface area (Å²) in [4.78, 5) is 27.0. The number of carbonyl (C=O) groups excluding carboxylic acids is 1. The third-order valence-electron chi connectivity index (χ3n) is 5.15. The summed E-state index contributed by atoms with van der Waals surface area (Å²) in [5.41, 5.74) is 3.17. The molecule has 2 atom stereocenters. The van der Waals surface area contributed by atoms with Crippen LogP contribution in [-0.4, -0.2) is 57.3 Å². The van der Waals surface area contributed by atoms with Gasteiger partial charge in [0.05, 0.1) is 11.4 Å². The van der Waals surface area contributed by atoms with Crippen molar-refractivity contribution in [1.82, 2.24) is 24.6 Å². The van der Waals surface area contributed by atoms with Crippen LogP contribution < -0.4 is 5.32 Å². The quantitative estimate of drug-likeness (QED) is 0.890. The average Bonchev–Trinajstić information content (AvgIpc) is 3.33. The summed E-state index contributed by atoms with van der Waals surface area (Å²) >= 11 is 0. The molecule has 0 unspecified atom stereocenters. The third kappa shape index (κ3) is 3.35. The second-order valence-corrected chi connectivity index (χ2v) is 6.91. The topological polar surface area (TPSA) is 74.9 Å². The molecule has 1 saturated heterocycles. The number of urea groups is 1. The van der Waals surface area contributed by atoms with Crippen molar-refractivity contribution in [3.63, 3.8) is 0 Å². The number of fused-ring (bicyclic) bond motifs is 3. The van der Waals surface area contributed by atoms with Gasteiger partial charge >= 0.3 is 12.2 Å². The number of aromatic nitrogens is 3. The Morgan fingerprint density at radius 2 is 2.19 bits per heavy atom. The van der Waals surface area contributed by atoms with Gasteiger partial charge in [-0.1, -0.05) is 13.3 Å². The van der Waals surface area contributed by atoms with Gasteiger partial charge in [-0.2, -0.15) is 13.2 Å². The summed E-state index contributed by atoms with van der Waals surface area (Å²) in [7, 11) is 0. The summed E-state index contributed by atoms with van der Waals surface area (Å²) in [5.74, 6) is 0.101. The van der Waals surface area contributed by atoms with E-state index in [1.54, 1.807) is 12.5 Å². The summed E-state index contributed by atoms with van der Waals surface area (Å²) in [6, 6.07) is -0.691. The van der Waals surface area contributed by atoms with Crippen LogP contribution in [0.4, 0.5) is 23.7 Å². The first-order chi connectivity index (χ1) is 12.9. The van der Waals surface area contributed by atoms with Gasteiger partial charge in [0.2, 0.25) is 0 Å². The van der Waals surface area contributed by atoms with Gasteiger partial charge in [0.25, 0.3) is 0 Å². The molecule has 7 nitrogen and oxygen atoms in total. The Labute approximate surface area is 153 Å². The van der Waals surface area contributed by atoms with Crippen LogP contribution in [0.2, 0.25) is 0 Å². The number of alkyl halides is 3. The molecule has 0 spiro atoms. The molecule has 27 heavy (non-hydrogen) atoms. The fourth-order valence-corrected chi connectivity index (χ4v) is 3.76. The maximum Gasteiger partial charge on any atom is 0.405 e. The Hall–Kier alpha value is -2.65. The molecule has 2 aliphatic heterocycles. The normalized spacial score (nSPS) is 21.9. The van der Waals surface area contributed by atoms with Crippen LogP contribution in [0.15, 0.2) is 17.5 Å². The maximum absolute atomic E-state index is 12.4. The highest BCUT2D eigenvalue weighted by Crippen LogP contribution is 2.36. The van der Waals surface area contributed by atoms with Crippen molar-refractivity contribution < 1.29 is 18.0 Å². The van der Waals surface area contributed by atoms with Crippen molar-refractivity contribution in [2.45, 2.75) is 31.9 Å². The van der Waals surface area contributed by atoms with Crippen LogP contribution >= 0.6 is 0 Å². The lowest BCUT2D eigenvalue weighted by atomic mass is 9.91. The summed E-state index contributed by atoms with van der Waals surface area (Å²) < 4.78 is 38.9. The van der Waals surface area contributed by atoms with Gasteiger partial charge in [-0.3, -0.25) is 9.39 Å². The van der Waals surface area contributed by atoms with Crippen molar-refractivity contribution in [3.8, 4) is 0 Å². The molecule has 1 N–H and O–H groups in total. The van der Waals surface area contributed by atoms with E-state index in [4.69, 9.17) is 4.98 Å². The molecule has 0 aromatic carbocycles. The fraction of sp³-hybridized carbons (Fsp3) is 0.529. The molecule has 0 radical (unpaired) electrons. The number of nitrogens with one attached hydrogen (secondary N) is 1. The number of imidazole rings is 1. The zero-order valence-corrected chi connectivity index (χ0v) is 14.7. The third-order valence-corrected chi connectivity index (χ3v) is 5.15. The second kappa shape index (κ2) is 6.50. The van der Waals surface area contributed by atoms with Crippen LogP contribution in [0, 0.1) is 5.92 Å². The fourth-order valence-electron chi connectivity index (χ4n) is 3.76. The van der Waals surface area contributed by atoms with Crippen LogP contribution in [0.1, 0.15) is 30.7 Å². The number of nitrogens with zero attached hydrogens (tertiary/aromatic N) is 5. The first-order valence-corrected chi connectivity index (χ1v) is 8.84. The Kier molecular flexibility index (Phi) is 4.27. The van der Waals surface area contributed by atoms with Crippen molar-refractivity contribution in [1.29, 1.82) is 0 Å². The van der Waals surface area contributed by atoms with Crippen LogP contribution in [0.5, 0.6) is 0 Å². The number of aliphatic imine (C=N–C) groups is 1. The standard InChI is InChI=1S/C17H19F3N6O/c1-2-10-5-25(16(27)22-8-17(18,19)20)6-11(10)13-7-26-9-23-12-3-4-21-14(12)15(26)24-13/h4,7,9-11H,2-3,5-6,8H2,1H3,(H,22,27)/t10-,11+/m1/s1. The van der Waals surface area contributed by atoms with Gasteiger partial charge < -0.3 is 10.2 Å². The number of carbonyl (C=O) groups is 1. The Morgan fingerprint density at radius 1 is 1.37 bits per heavy atom. The van der Waals surface area contributed by atoms with Gasteiger partial charge in [0.1, 0.15) is 18.6 Å². The minimum Gasteiger partial charge on any atom is -0.329 e. The van der Waals surface area contributed by atoms with Crippen LogP contribution in [0.3, 0.4) is 0 Å². The number of hydrogen-bond donors (Lipinski definition) is 1. The lowest BCUT2D eigenvalue weighted by Gasteiger charge is -2.17. The number of rotatable bonds is 3. The molecule has 0 bridgehead atoms. The molecule has 4 rings (SSSR count). The molecule has 2 aliphatic rings. The number of halogens is 3. The van der Waals surface area contributed by atoms with Gasteiger partial charge in [0.15, 0.2) is 5.65 Å². The molecule has 2 amide bonds. The van der Waals surface area contributed by atoms with Gasteiger partial charge in [0, 0.05) is 37.8 Å². The lowest BCUT2D eigenvalue weighted by Crippen LogP contribution is -2.42. The van der Waals surface area contributed by atoms with Crippen LogP contribution in [0.25, 0.3) is 5.65 Å². The molecule has 144 valence electrons.